The van der Waals surface area contributed by atoms with Gasteiger partial charge in [0.05, 0.1) is 5.69 Å². The van der Waals surface area contributed by atoms with Gasteiger partial charge in [0.15, 0.2) is 0 Å². The Morgan fingerprint density at radius 3 is 2.60 bits per heavy atom. The summed E-state index contributed by atoms with van der Waals surface area (Å²) < 4.78 is 0. The number of rotatable bonds is 3. The van der Waals surface area contributed by atoms with Gasteiger partial charge in [-0.05, 0) is 57.5 Å². The zero-order valence-corrected chi connectivity index (χ0v) is 12.5. The molecule has 1 unspecified atom stereocenters. The molecule has 0 amide bonds. The standard InChI is InChI=1S/C17H27N3/c1-2-6-13-20(12-5-1)17-9-7-11-19(15-17)14-16-8-3-4-10-18-16/h3-4,8,10,17H,1-2,5-7,9,11-15H2. The first kappa shape index (κ1) is 14.0. The van der Waals surface area contributed by atoms with E-state index >= 15 is 0 Å². The van der Waals surface area contributed by atoms with E-state index in [0.717, 1.165) is 12.6 Å². The van der Waals surface area contributed by atoms with Crippen LogP contribution in [0.15, 0.2) is 24.4 Å². The summed E-state index contributed by atoms with van der Waals surface area (Å²) in [5, 5.41) is 0. The third-order valence-electron chi connectivity index (χ3n) is 4.75. The third kappa shape index (κ3) is 3.80. The number of nitrogens with zero attached hydrogens (tertiary/aromatic N) is 3. The summed E-state index contributed by atoms with van der Waals surface area (Å²) in [4.78, 5) is 9.83. The van der Waals surface area contributed by atoms with Gasteiger partial charge in [0, 0.05) is 25.3 Å². The molecule has 110 valence electrons. The summed E-state index contributed by atoms with van der Waals surface area (Å²) in [5.41, 5.74) is 1.21. The predicted molar refractivity (Wildman–Crippen MR) is 82.6 cm³/mol. The molecule has 0 saturated carbocycles. The smallest absolute Gasteiger partial charge is 0.0543 e. The molecule has 2 fully saturated rings. The molecule has 0 bridgehead atoms. The summed E-state index contributed by atoms with van der Waals surface area (Å²) in [5.74, 6) is 0. The van der Waals surface area contributed by atoms with Crippen LogP contribution in [0, 0.1) is 0 Å². The first-order chi connectivity index (χ1) is 9.92. The quantitative estimate of drug-likeness (QED) is 0.844. The van der Waals surface area contributed by atoms with E-state index in [0.29, 0.717) is 0 Å². The van der Waals surface area contributed by atoms with Crippen LogP contribution in [0.5, 0.6) is 0 Å². The largest absolute Gasteiger partial charge is 0.299 e. The number of hydrogen-bond donors (Lipinski definition) is 0. The topological polar surface area (TPSA) is 19.4 Å². The second kappa shape index (κ2) is 7.19. The molecule has 2 aliphatic heterocycles. The molecular weight excluding hydrogens is 246 g/mol. The average Bonchev–Trinajstić information content (AvgIpc) is 2.78. The van der Waals surface area contributed by atoms with Gasteiger partial charge in [-0.15, -0.1) is 0 Å². The van der Waals surface area contributed by atoms with E-state index in [1.54, 1.807) is 0 Å². The maximum absolute atomic E-state index is 4.47. The zero-order valence-electron chi connectivity index (χ0n) is 12.5. The lowest BCUT2D eigenvalue weighted by atomic mass is 10.0. The predicted octanol–water partition coefficient (Wildman–Crippen LogP) is 2.92. The van der Waals surface area contributed by atoms with Gasteiger partial charge >= 0.3 is 0 Å². The first-order valence-electron chi connectivity index (χ1n) is 8.28. The molecule has 1 aromatic rings. The molecule has 1 aromatic heterocycles. The van der Waals surface area contributed by atoms with Crippen LogP contribution in [0.25, 0.3) is 0 Å². The normalized spacial score (nSPS) is 26.3. The Morgan fingerprint density at radius 2 is 1.85 bits per heavy atom. The average molecular weight is 273 g/mol. The molecule has 0 N–H and O–H groups in total. The molecular formula is C17H27N3. The van der Waals surface area contributed by atoms with Crippen molar-refractivity contribution in [3.8, 4) is 0 Å². The maximum Gasteiger partial charge on any atom is 0.0543 e. The van der Waals surface area contributed by atoms with Crippen molar-refractivity contribution < 1.29 is 0 Å². The highest BCUT2D eigenvalue weighted by Gasteiger charge is 2.25. The highest BCUT2D eigenvalue weighted by Crippen LogP contribution is 2.20. The van der Waals surface area contributed by atoms with Crippen LogP contribution in [-0.2, 0) is 6.54 Å². The summed E-state index contributed by atoms with van der Waals surface area (Å²) >= 11 is 0. The van der Waals surface area contributed by atoms with Crippen molar-refractivity contribution in [2.24, 2.45) is 0 Å². The third-order valence-corrected chi connectivity index (χ3v) is 4.75. The van der Waals surface area contributed by atoms with Crippen LogP contribution in [0.2, 0.25) is 0 Å². The van der Waals surface area contributed by atoms with E-state index in [9.17, 15) is 0 Å². The molecule has 0 spiro atoms. The SMILES string of the molecule is c1ccc(CN2CCCC(N3CCCCCC3)C2)nc1. The fourth-order valence-corrected chi connectivity index (χ4v) is 3.65. The van der Waals surface area contributed by atoms with Gasteiger partial charge in [0.1, 0.15) is 0 Å². The Bertz CT molecular complexity index is 384. The van der Waals surface area contributed by atoms with Crippen LogP contribution < -0.4 is 0 Å². The Hall–Kier alpha value is -0.930. The van der Waals surface area contributed by atoms with Crippen LogP contribution >= 0.6 is 0 Å². The molecule has 0 aromatic carbocycles. The van der Waals surface area contributed by atoms with Gasteiger partial charge in [-0.3, -0.25) is 14.8 Å². The minimum Gasteiger partial charge on any atom is -0.299 e. The number of piperidine rings is 1. The van der Waals surface area contributed by atoms with Crippen molar-refractivity contribution in [2.75, 3.05) is 26.2 Å². The van der Waals surface area contributed by atoms with E-state index in [-0.39, 0.29) is 0 Å². The fraction of sp³-hybridized carbons (Fsp3) is 0.706. The van der Waals surface area contributed by atoms with Gasteiger partial charge in [0.2, 0.25) is 0 Å². The lowest BCUT2D eigenvalue weighted by molar-refractivity contribution is 0.0949. The highest BCUT2D eigenvalue weighted by molar-refractivity contribution is 5.03. The van der Waals surface area contributed by atoms with Gasteiger partial charge in [-0.25, -0.2) is 0 Å². The Labute approximate surface area is 123 Å². The van der Waals surface area contributed by atoms with Crippen molar-refractivity contribution in [1.29, 1.82) is 0 Å². The van der Waals surface area contributed by atoms with Crippen LogP contribution in [0.3, 0.4) is 0 Å². The van der Waals surface area contributed by atoms with E-state index in [1.807, 2.05) is 12.3 Å². The lowest BCUT2D eigenvalue weighted by Crippen LogP contribution is -2.48. The molecule has 3 heteroatoms. The molecule has 3 rings (SSSR count). The second-order valence-electron chi connectivity index (χ2n) is 6.30. The molecule has 1 atom stereocenters. The minimum absolute atomic E-state index is 0.783. The minimum atomic E-state index is 0.783. The van der Waals surface area contributed by atoms with Crippen molar-refractivity contribution >= 4 is 0 Å². The Morgan fingerprint density at radius 1 is 1.00 bits per heavy atom. The number of pyridine rings is 1. The number of hydrogen-bond acceptors (Lipinski definition) is 3. The van der Waals surface area contributed by atoms with Crippen LogP contribution in [0.1, 0.15) is 44.2 Å². The lowest BCUT2D eigenvalue weighted by Gasteiger charge is -2.39. The summed E-state index contributed by atoms with van der Waals surface area (Å²) in [7, 11) is 0. The summed E-state index contributed by atoms with van der Waals surface area (Å²) in [6, 6.07) is 7.03. The number of likely N-dealkylation sites (tertiary alicyclic amines) is 2. The zero-order chi connectivity index (χ0) is 13.6. The van der Waals surface area contributed by atoms with Crippen molar-refractivity contribution in [3.05, 3.63) is 30.1 Å². The molecule has 2 saturated heterocycles. The monoisotopic (exact) mass is 273 g/mol. The van der Waals surface area contributed by atoms with E-state index in [4.69, 9.17) is 0 Å². The van der Waals surface area contributed by atoms with Crippen molar-refractivity contribution in [2.45, 2.75) is 51.1 Å². The molecule has 2 aliphatic rings. The van der Waals surface area contributed by atoms with Crippen LogP contribution in [-0.4, -0.2) is 47.0 Å². The first-order valence-corrected chi connectivity index (χ1v) is 8.28. The van der Waals surface area contributed by atoms with Crippen molar-refractivity contribution in [1.82, 2.24) is 14.8 Å². The Balaban J connectivity index is 1.55. The molecule has 0 radical (unpaired) electrons. The van der Waals surface area contributed by atoms with Crippen LogP contribution in [0.4, 0.5) is 0 Å². The molecule has 3 nitrogen and oxygen atoms in total. The van der Waals surface area contributed by atoms with E-state index in [1.165, 1.54) is 70.4 Å². The molecule has 20 heavy (non-hydrogen) atoms. The summed E-state index contributed by atoms with van der Waals surface area (Å²) in [6.07, 6.45) is 10.3. The van der Waals surface area contributed by atoms with Gasteiger partial charge < -0.3 is 0 Å². The number of aromatic nitrogens is 1. The molecule has 3 heterocycles. The van der Waals surface area contributed by atoms with E-state index in [2.05, 4.69) is 26.9 Å². The maximum atomic E-state index is 4.47. The molecule has 0 aliphatic carbocycles. The van der Waals surface area contributed by atoms with Crippen molar-refractivity contribution in [3.63, 3.8) is 0 Å². The van der Waals surface area contributed by atoms with Gasteiger partial charge in [-0.2, -0.15) is 0 Å². The summed E-state index contributed by atoms with van der Waals surface area (Å²) in [6.45, 7) is 6.13. The van der Waals surface area contributed by atoms with Gasteiger partial charge in [-0.1, -0.05) is 18.9 Å². The fourth-order valence-electron chi connectivity index (χ4n) is 3.65. The second-order valence-corrected chi connectivity index (χ2v) is 6.30. The van der Waals surface area contributed by atoms with E-state index < -0.39 is 0 Å². The highest BCUT2D eigenvalue weighted by atomic mass is 15.2. The van der Waals surface area contributed by atoms with Gasteiger partial charge in [0.25, 0.3) is 0 Å². The Kier molecular flexibility index (Phi) is 5.04.